The molecule has 0 aliphatic heterocycles. The van der Waals surface area contributed by atoms with E-state index in [0.717, 1.165) is 18.0 Å². The number of nitrogens with two attached hydrogens (primary N) is 1. The van der Waals surface area contributed by atoms with Gasteiger partial charge in [0.15, 0.2) is 0 Å². The fourth-order valence-corrected chi connectivity index (χ4v) is 1.69. The summed E-state index contributed by atoms with van der Waals surface area (Å²) in [4.78, 5) is 8.24. The van der Waals surface area contributed by atoms with Gasteiger partial charge >= 0.3 is 0 Å². The summed E-state index contributed by atoms with van der Waals surface area (Å²) < 4.78 is 5.27. The van der Waals surface area contributed by atoms with Gasteiger partial charge in [-0.3, -0.25) is 0 Å². The van der Waals surface area contributed by atoms with Crippen molar-refractivity contribution in [1.29, 1.82) is 0 Å². The minimum Gasteiger partial charge on any atom is -0.495 e. The van der Waals surface area contributed by atoms with E-state index in [-0.39, 0.29) is 5.95 Å². The monoisotopic (exact) mass is 259 g/mol. The molecule has 6 heteroatoms. The first-order chi connectivity index (χ1) is 9.22. The third-order valence-corrected chi connectivity index (χ3v) is 2.47. The van der Waals surface area contributed by atoms with Crippen LogP contribution in [-0.4, -0.2) is 23.6 Å². The molecule has 0 unspecified atom stereocenters. The molecule has 2 aromatic rings. The van der Waals surface area contributed by atoms with E-state index in [9.17, 15) is 0 Å². The van der Waals surface area contributed by atoms with Crippen LogP contribution in [0.15, 0.2) is 30.3 Å². The van der Waals surface area contributed by atoms with Gasteiger partial charge in [-0.05, 0) is 19.1 Å². The number of rotatable bonds is 5. The predicted molar refractivity (Wildman–Crippen MR) is 76.9 cm³/mol. The quantitative estimate of drug-likeness (QED) is 0.763. The van der Waals surface area contributed by atoms with Gasteiger partial charge in [-0.25, -0.2) is 0 Å². The standard InChI is InChI=1S/C13H17N5O/c1-3-15-11-8-12(18-13(14)17-11)16-9-6-4-5-7-10(9)19-2/h4-8H,3H2,1-2H3,(H4,14,15,16,17,18). The molecule has 100 valence electrons. The number of hydrogen-bond donors (Lipinski definition) is 3. The van der Waals surface area contributed by atoms with Crippen LogP contribution >= 0.6 is 0 Å². The van der Waals surface area contributed by atoms with Gasteiger partial charge in [-0.1, -0.05) is 12.1 Å². The number of hydrogen-bond acceptors (Lipinski definition) is 6. The highest BCUT2D eigenvalue weighted by molar-refractivity contribution is 5.66. The Morgan fingerprint density at radius 1 is 1.21 bits per heavy atom. The van der Waals surface area contributed by atoms with Crippen LogP contribution in [0.3, 0.4) is 0 Å². The first-order valence-corrected chi connectivity index (χ1v) is 6.01. The number of anilines is 4. The second-order valence-electron chi connectivity index (χ2n) is 3.85. The van der Waals surface area contributed by atoms with Gasteiger partial charge in [0.2, 0.25) is 5.95 Å². The number of nitrogen functional groups attached to an aromatic ring is 1. The molecule has 0 fully saturated rings. The highest BCUT2D eigenvalue weighted by atomic mass is 16.5. The number of nitrogens with one attached hydrogen (secondary N) is 2. The van der Waals surface area contributed by atoms with Gasteiger partial charge in [0, 0.05) is 12.6 Å². The molecule has 19 heavy (non-hydrogen) atoms. The van der Waals surface area contributed by atoms with E-state index >= 15 is 0 Å². The average Bonchev–Trinajstić information content (AvgIpc) is 2.39. The maximum atomic E-state index is 5.68. The second kappa shape index (κ2) is 5.90. The highest BCUT2D eigenvalue weighted by Gasteiger charge is 2.05. The third kappa shape index (κ3) is 3.25. The Kier molecular flexibility index (Phi) is 4.02. The molecule has 0 aliphatic carbocycles. The van der Waals surface area contributed by atoms with Gasteiger partial charge in [0.05, 0.1) is 12.8 Å². The fourth-order valence-electron chi connectivity index (χ4n) is 1.69. The summed E-state index contributed by atoms with van der Waals surface area (Å²) in [5.74, 6) is 2.26. The summed E-state index contributed by atoms with van der Waals surface area (Å²) in [6, 6.07) is 9.40. The van der Waals surface area contributed by atoms with E-state index in [1.165, 1.54) is 0 Å². The predicted octanol–water partition coefficient (Wildman–Crippen LogP) is 2.24. The second-order valence-corrected chi connectivity index (χ2v) is 3.85. The maximum Gasteiger partial charge on any atom is 0.223 e. The minimum atomic E-state index is 0.218. The maximum absolute atomic E-state index is 5.68. The lowest BCUT2D eigenvalue weighted by Gasteiger charge is -2.11. The Balaban J connectivity index is 2.27. The average molecular weight is 259 g/mol. The summed E-state index contributed by atoms with van der Waals surface area (Å²) in [6.07, 6.45) is 0. The fraction of sp³-hybridized carbons (Fsp3) is 0.231. The summed E-state index contributed by atoms with van der Waals surface area (Å²) in [5.41, 5.74) is 6.51. The topological polar surface area (TPSA) is 85.1 Å². The van der Waals surface area contributed by atoms with Crippen molar-refractivity contribution in [2.45, 2.75) is 6.92 Å². The smallest absolute Gasteiger partial charge is 0.223 e. The summed E-state index contributed by atoms with van der Waals surface area (Å²) in [7, 11) is 1.62. The van der Waals surface area contributed by atoms with Crippen molar-refractivity contribution in [1.82, 2.24) is 9.97 Å². The highest BCUT2D eigenvalue weighted by Crippen LogP contribution is 2.27. The van der Waals surface area contributed by atoms with Crippen LogP contribution in [0.1, 0.15) is 6.92 Å². The molecule has 4 N–H and O–H groups in total. The van der Waals surface area contributed by atoms with Gasteiger partial charge in [0.1, 0.15) is 17.4 Å². The number of nitrogens with zero attached hydrogens (tertiary/aromatic N) is 2. The van der Waals surface area contributed by atoms with E-state index in [4.69, 9.17) is 10.5 Å². The summed E-state index contributed by atoms with van der Waals surface area (Å²) in [6.45, 7) is 2.76. The van der Waals surface area contributed by atoms with E-state index in [0.29, 0.717) is 11.6 Å². The Bertz CT molecular complexity index is 558. The Labute approximate surface area is 112 Å². The molecule has 0 atom stereocenters. The molecular weight excluding hydrogens is 242 g/mol. The largest absolute Gasteiger partial charge is 0.495 e. The number of benzene rings is 1. The molecule has 0 aliphatic rings. The van der Waals surface area contributed by atoms with Gasteiger partial charge in [0.25, 0.3) is 0 Å². The number of para-hydroxylation sites is 2. The van der Waals surface area contributed by atoms with Crippen molar-refractivity contribution in [3.8, 4) is 5.75 Å². The summed E-state index contributed by atoms with van der Waals surface area (Å²) in [5, 5.41) is 6.27. The van der Waals surface area contributed by atoms with Crippen LogP contribution in [-0.2, 0) is 0 Å². The van der Waals surface area contributed by atoms with E-state index in [2.05, 4.69) is 20.6 Å². The van der Waals surface area contributed by atoms with Crippen molar-refractivity contribution in [3.05, 3.63) is 30.3 Å². The number of aromatic nitrogens is 2. The lowest BCUT2D eigenvalue weighted by molar-refractivity contribution is 0.417. The normalized spacial score (nSPS) is 10.0. The van der Waals surface area contributed by atoms with Crippen LogP contribution in [0.4, 0.5) is 23.3 Å². The Morgan fingerprint density at radius 2 is 1.95 bits per heavy atom. The molecule has 1 heterocycles. The van der Waals surface area contributed by atoms with Crippen molar-refractivity contribution < 1.29 is 4.74 Å². The van der Waals surface area contributed by atoms with Crippen LogP contribution in [0.2, 0.25) is 0 Å². The zero-order chi connectivity index (χ0) is 13.7. The molecule has 0 amide bonds. The molecular formula is C13H17N5O. The van der Waals surface area contributed by atoms with Crippen molar-refractivity contribution >= 4 is 23.3 Å². The van der Waals surface area contributed by atoms with Gasteiger partial charge < -0.3 is 21.1 Å². The van der Waals surface area contributed by atoms with Crippen LogP contribution in [0.5, 0.6) is 5.75 Å². The van der Waals surface area contributed by atoms with Crippen LogP contribution < -0.4 is 21.1 Å². The zero-order valence-corrected chi connectivity index (χ0v) is 11.0. The third-order valence-electron chi connectivity index (χ3n) is 2.47. The summed E-state index contributed by atoms with van der Waals surface area (Å²) >= 11 is 0. The van der Waals surface area contributed by atoms with Crippen LogP contribution in [0, 0.1) is 0 Å². The number of ether oxygens (including phenoxy) is 1. The Morgan fingerprint density at radius 3 is 2.68 bits per heavy atom. The van der Waals surface area contributed by atoms with Crippen molar-refractivity contribution in [2.75, 3.05) is 30.0 Å². The van der Waals surface area contributed by atoms with Crippen molar-refractivity contribution in [3.63, 3.8) is 0 Å². The molecule has 0 saturated carbocycles. The molecule has 6 nitrogen and oxygen atoms in total. The molecule has 0 spiro atoms. The zero-order valence-electron chi connectivity index (χ0n) is 11.0. The molecule has 1 aromatic carbocycles. The lowest BCUT2D eigenvalue weighted by atomic mass is 10.3. The molecule has 1 aromatic heterocycles. The molecule has 0 saturated heterocycles. The van der Waals surface area contributed by atoms with Crippen molar-refractivity contribution in [2.24, 2.45) is 0 Å². The number of methoxy groups -OCH3 is 1. The van der Waals surface area contributed by atoms with Gasteiger partial charge in [-0.2, -0.15) is 9.97 Å². The molecule has 2 rings (SSSR count). The Hall–Kier alpha value is -2.50. The van der Waals surface area contributed by atoms with Gasteiger partial charge in [-0.15, -0.1) is 0 Å². The van der Waals surface area contributed by atoms with E-state index in [1.54, 1.807) is 13.2 Å². The first-order valence-electron chi connectivity index (χ1n) is 6.01. The minimum absolute atomic E-state index is 0.218. The lowest BCUT2D eigenvalue weighted by Crippen LogP contribution is -2.06. The SMILES string of the molecule is CCNc1cc(Nc2ccccc2OC)nc(N)n1. The molecule has 0 radical (unpaired) electrons. The van der Waals surface area contributed by atoms with E-state index in [1.807, 2.05) is 31.2 Å². The van der Waals surface area contributed by atoms with Crippen LogP contribution in [0.25, 0.3) is 0 Å². The molecule has 0 bridgehead atoms. The first kappa shape index (κ1) is 12.9. The van der Waals surface area contributed by atoms with E-state index < -0.39 is 0 Å².